The first-order valence-electron chi connectivity index (χ1n) is 18.9. The Bertz CT molecular complexity index is 2910. The number of furan rings is 1. The van der Waals surface area contributed by atoms with Gasteiger partial charge in [-0.05, 0) is 75.9 Å². The minimum atomic E-state index is -0.145. The first-order valence-corrected chi connectivity index (χ1v) is 18.9. The Morgan fingerprint density at radius 3 is 2.07 bits per heavy atom. The molecule has 9 aromatic rings. The highest BCUT2D eigenvalue weighted by Crippen LogP contribution is 2.54. The van der Waals surface area contributed by atoms with Crippen LogP contribution in [0, 0.1) is 0 Å². The van der Waals surface area contributed by atoms with E-state index in [2.05, 4.69) is 85.6 Å². The SMILES string of the molecule is CC1(C)c2ccccc2-c2ccc3c(c21)-c1ncncc1CC(c1ccc2oc4c(-c5nc(-c6ccccc6)nc(-c6ccccc6)n5)cccc4c2c1)C3. The maximum absolute atomic E-state index is 6.69. The van der Waals surface area contributed by atoms with Crippen LogP contribution < -0.4 is 0 Å². The Morgan fingerprint density at radius 1 is 0.600 bits per heavy atom. The normalized spacial score (nSPS) is 15.3. The van der Waals surface area contributed by atoms with E-state index in [1.165, 1.54) is 44.5 Å². The maximum Gasteiger partial charge on any atom is 0.167 e. The standard InChI is InChI=1S/C49H35N5O/c1-49(2)40-19-10-9-16-35(40)36-22-20-32-24-33(25-34-27-50-28-51-44(34)42(32)43(36)49)31-21-23-41-39(26-31)37-17-11-18-38(45(37)55-41)48-53-46(29-12-5-3-6-13-29)52-47(54-48)30-14-7-4-8-15-30/h3-23,26-28,33H,24-25H2,1-2H3. The van der Waals surface area contributed by atoms with Gasteiger partial charge < -0.3 is 4.42 Å². The molecule has 3 heterocycles. The Kier molecular flexibility index (Phi) is 6.99. The van der Waals surface area contributed by atoms with Crippen LogP contribution in [0.2, 0.25) is 0 Å². The van der Waals surface area contributed by atoms with Crippen molar-refractivity contribution in [2.24, 2.45) is 0 Å². The van der Waals surface area contributed by atoms with Gasteiger partial charge in [0, 0.05) is 39.1 Å². The molecule has 6 nitrogen and oxygen atoms in total. The molecule has 262 valence electrons. The Balaban J connectivity index is 1.04. The second kappa shape index (κ2) is 12.1. The number of para-hydroxylation sites is 1. The Labute approximate surface area is 318 Å². The predicted molar refractivity (Wildman–Crippen MR) is 219 cm³/mol. The molecule has 0 N–H and O–H groups in total. The smallest absolute Gasteiger partial charge is 0.167 e. The van der Waals surface area contributed by atoms with Gasteiger partial charge in [-0.2, -0.15) is 0 Å². The van der Waals surface area contributed by atoms with E-state index in [0.717, 1.165) is 57.2 Å². The summed E-state index contributed by atoms with van der Waals surface area (Å²) in [5.74, 6) is 2.04. The maximum atomic E-state index is 6.69. The summed E-state index contributed by atoms with van der Waals surface area (Å²) in [5.41, 5.74) is 15.7. The van der Waals surface area contributed by atoms with Crippen molar-refractivity contribution >= 4 is 21.9 Å². The third kappa shape index (κ3) is 4.98. The van der Waals surface area contributed by atoms with E-state index in [1.807, 2.05) is 72.9 Å². The van der Waals surface area contributed by atoms with E-state index >= 15 is 0 Å². The van der Waals surface area contributed by atoms with Crippen LogP contribution in [0.5, 0.6) is 0 Å². The molecule has 6 heteroatoms. The second-order valence-electron chi connectivity index (χ2n) is 15.3. The fourth-order valence-electron chi connectivity index (χ4n) is 9.10. The van der Waals surface area contributed by atoms with E-state index in [4.69, 9.17) is 24.4 Å². The lowest BCUT2D eigenvalue weighted by Crippen LogP contribution is -2.17. The van der Waals surface area contributed by atoms with Crippen molar-refractivity contribution < 1.29 is 4.42 Å². The quantitative estimate of drug-likeness (QED) is 0.181. The molecule has 0 spiro atoms. The summed E-state index contributed by atoms with van der Waals surface area (Å²) in [7, 11) is 0. The fourth-order valence-corrected chi connectivity index (χ4v) is 9.10. The predicted octanol–water partition coefficient (Wildman–Crippen LogP) is 11.4. The van der Waals surface area contributed by atoms with E-state index in [-0.39, 0.29) is 11.3 Å². The van der Waals surface area contributed by atoms with Gasteiger partial charge in [0.25, 0.3) is 0 Å². The van der Waals surface area contributed by atoms with Crippen molar-refractivity contribution in [2.75, 3.05) is 0 Å². The zero-order chi connectivity index (χ0) is 36.7. The highest BCUT2D eigenvalue weighted by atomic mass is 16.3. The molecule has 0 saturated carbocycles. The molecule has 2 aliphatic rings. The molecule has 6 aromatic carbocycles. The number of rotatable bonds is 4. The fraction of sp³-hybridized carbons (Fsp3) is 0.122. The summed E-state index contributed by atoms with van der Waals surface area (Å²) in [6.07, 6.45) is 5.47. The van der Waals surface area contributed by atoms with Crippen molar-refractivity contribution in [1.82, 2.24) is 24.9 Å². The molecule has 11 rings (SSSR count). The second-order valence-corrected chi connectivity index (χ2v) is 15.3. The number of nitrogens with zero attached hydrogens (tertiary/aromatic N) is 5. The van der Waals surface area contributed by atoms with Crippen molar-refractivity contribution in [3.63, 3.8) is 0 Å². The highest BCUT2D eigenvalue weighted by molar-refractivity contribution is 6.09. The van der Waals surface area contributed by atoms with E-state index in [0.29, 0.717) is 17.5 Å². The van der Waals surface area contributed by atoms with Crippen molar-refractivity contribution in [3.8, 4) is 56.5 Å². The van der Waals surface area contributed by atoms with Crippen LogP contribution in [0.1, 0.15) is 47.6 Å². The van der Waals surface area contributed by atoms with Crippen LogP contribution in [0.25, 0.3) is 78.5 Å². The zero-order valence-corrected chi connectivity index (χ0v) is 30.5. The molecular formula is C49H35N5O. The minimum Gasteiger partial charge on any atom is -0.455 e. The summed E-state index contributed by atoms with van der Waals surface area (Å²) in [6.45, 7) is 4.71. The monoisotopic (exact) mass is 709 g/mol. The van der Waals surface area contributed by atoms with Gasteiger partial charge in [-0.25, -0.2) is 24.9 Å². The summed E-state index contributed by atoms with van der Waals surface area (Å²) in [6, 6.07) is 46.6. The summed E-state index contributed by atoms with van der Waals surface area (Å²) >= 11 is 0. The molecule has 1 atom stereocenters. The summed E-state index contributed by atoms with van der Waals surface area (Å²) < 4.78 is 6.69. The molecule has 0 fully saturated rings. The number of fused-ring (bicyclic) bond motifs is 10. The Morgan fingerprint density at radius 2 is 1.29 bits per heavy atom. The lowest BCUT2D eigenvalue weighted by atomic mass is 9.77. The minimum absolute atomic E-state index is 0.145. The first kappa shape index (κ1) is 31.7. The van der Waals surface area contributed by atoms with Gasteiger partial charge in [0.2, 0.25) is 0 Å². The molecular weight excluding hydrogens is 675 g/mol. The molecule has 0 radical (unpaired) electrons. The molecule has 0 amide bonds. The summed E-state index contributed by atoms with van der Waals surface area (Å²) in [5, 5.41) is 2.11. The number of hydrogen-bond donors (Lipinski definition) is 0. The lowest BCUT2D eigenvalue weighted by Gasteiger charge is -2.26. The molecule has 3 aromatic heterocycles. The van der Waals surface area contributed by atoms with Crippen LogP contribution in [-0.2, 0) is 18.3 Å². The molecule has 1 unspecified atom stereocenters. The topological polar surface area (TPSA) is 77.6 Å². The van der Waals surface area contributed by atoms with Gasteiger partial charge in [-0.3, -0.25) is 0 Å². The van der Waals surface area contributed by atoms with Crippen LogP contribution >= 0.6 is 0 Å². The van der Waals surface area contributed by atoms with E-state index < -0.39 is 0 Å². The van der Waals surface area contributed by atoms with Gasteiger partial charge in [-0.1, -0.05) is 129 Å². The summed E-state index contributed by atoms with van der Waals surface area (Å²) in [4.78, 5) is 24.5. The van der Waals surface area contributed by atoms with Crippen molar-refractivity contribution in [1.29, 1.82) is 0 Å². The third-order valence-electron chi connectivity index (χ3n) is 11.7. The van der Waals surface area contributed by atoms with Gasteiger partial charge >= 0.3 is 0 Å². The van der Waals surface area contributed by atoms with Gasteiger partial charge in [0.15, 0.2) is 17.5 Å². The van der Waals surface area contributed by atoms with E-state index in [9.17, 15) is 0 Å². The number of hydrogen-bond acceptors (Lipinski definition) is 6. The zero-order valence-electron chi connectivity index (χ0n) is 30.5. The molecule has 0 bridgehead atoms. The number of aromatic nitrogens is 5. The van der Waals surface area contributed by atoms with Crippen molar-refractivity contribution in [3.05, 3.63) is 174 Å². The number of benzene rings is 6. The highest BCUT2D eigenvalue weighted by Gasteiger charge is 2.40. The average Bonchev–Trinajstić information content (AvgIpc) is 3.65. The Hall–Kier alpha value is -6.79. The van der Waals surface area contributed by atoms with Crippen LogP contribution in [0.4, 0.5) is 0 Å². The van der Waals surface area contributed by atoms with Gasteiger partial charge in [0.05, 0.1) is 11.3 Å². The first-order chi connectivity index (χ1) is 27.0. The van der Waals surface area contributed by atoms with Crippen LogP contribution in [0.3, 0.4) is 0 Å². The molecule has 55 heavy (non-hydrogen) atoms. The van der Waals surface area contributed by atoms with Crippen molar-refractivity contribution in [2.45, 2.75) is 38.0 Å². The van der Waals surface area contributed by atoms with Gasteiger partial charge in [-0.15, -0.1) is 0 Å². The average molecular weight is 710 g/mol. The molecule has 2 aliphatic carbocycles. The van der Waals surface area contributed by atoms with E-state index in [1.54, 1.807) is 6.33 Å². The largest absolute Gasteiger partial charge is 0.455 e. The van der Waals surface area contributed by atoms with Crippen LogP contribution in [-0.4, -0.2) is 24.9 Å². The van der Waals surface area contributed by atoms with Crippen LogP contribution in [0.15, 0.2) is 150 Å². The van der Waals surface area contributed by atoms with Gasteiger partial charge in [0.1, 0.15) is 17.5 Å². The lowest BCUT2D eigenvalue weighted by molar-refractivity contribution is 0.658. The molecule has 0 saturated heterocycles. The third-order valence-corrected chi connectivity index (χ3v) is 11.7. The molecule has 0 aliphatic heterocycles.